The van der Waals surface area contributed by atoms with Crippen molar-refractivity contribution in [3.05, 3.63) is 94.0 Å². The lowest BCUT2D eigenvalue weighted by Crippen LogP contribution is -2.40. The van der Waals surface area contributed by atoms with E-state index in [1.165, 1.54) is 37.4 Å². The van der Waals surface area contributed by atoms with Crippen molar-refractivity contribution in [2.75, 3.05) is 18.4 Å². The van der Waals surface area contributed by atoms with Gasteiger partial charge in [-0.1, -0.05) is 59.6 Å². The van der Waals surface area contributed by atoms with Gasteiger partial charge in [-0.15, -0.1) is 0 Å². The van der Waals surface area contributed by atoms with Crippen molar-refractivity contribution < 1.29 is 18.0 Å². The topological polar surface area (TPSA) is 108 Å². The summed E-state index contributed by atoms with van der Waals surface area (Å²) < 4.78 is 27.9. The summed E-state index contributed by atoms with van der Waals surface area (Å²) in [5, 5.41) is 7.21. The standard InChI is InChI=1S/C25H24Cl2N4O4S/c1-18(32)29-21-8-10-22(11-9-21)36(34,35)31(14-13-19-5-3-2-4-6-19)17-25(33)30-28-16-20-7-12-23(26)24(27)15-20/h2-12,15-16H,13-14,17H2,1H3,(H,29,32)(H,30,33)/b28-16-. The number of rotatable bonds is 10. The summed E-state index contributed by atoms with van der Waals surface area (Å²) >= 11 is 11.9. The molecule has 0 bridgehead atoms. The molecule has 2 amide bonds. The second-order valence-electron chi connectivity index (χ2n) is 7.75. The van der Waals surface area contributed by atoms with Gasteiger partial charge in [0.2, 0.25) is 15.9 Å². The largest absolute Gasteiger partial charge is 0.326 e. The van der Waals surface area contributed by atoms with Crippen LogP contribution in [0.15, 0.2) is 82.8 Å². The Balaban J connectivity index is 1.75. The third-order valence-corrected chi connectivity index (χ3v) is 7.57. The average Bonchev–Trinajstić information content (AvgIpc) is 2.84. The van der Waals surface area contributed by atoms with Crippen LogP contribution in [-0.4, -0.2) is 43.8 Å². The molecule has 36 heavy (non-hydrogen) atoms. The maximum absolute atomic E-state index is 13.4. The fourth-order valence-electron chi connectivity index (χ4n) is 3.21. The highest BCUT2D eigenvalue weighted by molar-refractivity contribution is 7.89. The number of anilines is 1. The van der Waals surface area contributed by atoms with E-state index in [4.69, 9.17) is 23.2 Å². The quantitative estimate of drug-likeness (QED) is 0.291. The van der Waals surface area contributed by atoms with Crippen LogP contribution in [0.3, 0.4) is 0 Å². The first kappa shape index (κ1) is 27.3. The number of amides is 2. The maximum Gasteiger partial charge on any atom is 0.255 e. The maximum atomic E-state index is 13.4. The Kier molecular flexibility index (Phi) is 9.60. The molecule has 0 unspecified atom stereocenters. The van der Waals surface area contributed by atoms with Gasteiger partial charge < -0.3 is 5.32 Å². The normalized spacial score (nSPS) is 11.6. The summed E-state index contributed by atoms with van der Waals surface area (Å²) in [5.74, 6) is -0.883. The number of hydrazone groups is 1. The van der Waals surface area contributed by atoms with Gasteiger partial charge in [0.05, 0.1) is 27.7 Å². The van der Waals surface area contributed by atoms with Gasteiger partial charge in [0.25, 0.3) is 5.91 Å². The van der Waals surface area contributed by atoms with Crippen LogP contribution in [0.2, 0.25) is 10.0 Å². The molecule has 0 atom stereocenters. The molecule has 0 aliphatic rings. The first-order valence-electron chi connectivity index (χ1n) is 10.8. The molecule has 3 aromatic rings. The molecule has 0 aliphatic carbocycles. The van der Waals surface area contributed by atoms with E-state index in [0.717, 1.165) is 9.87 Å². The highest BCUT2D eigenvalue weighted by Gasteiger charge is 2.26. The predicted molar refractivity (Wildman–Crippen MR) is 142 cm³/mol. The van der Waals surface area contributed by atoms with Crippen molar-refractivity contribution in [2.45, 2.75) is 18.2 Å². The Hall–Kier alpha value is -3.24. The average molecular weight is 547 g/mol. The number of hydrogen-bond acceptors (Lipinski definition) is 5. The van der Waals surface area contributed by atoms with Crippen molar-refractivity contribution in [1.82, 2.24) is 9.73 Å². The van der Waals surface area contributed by atoms with Crippen molar-refractivity contribution in [3.8, 4) is 0 Å². The van der Waals surface area contributed by atoms with Crippen molar-refractivity contribution in [2.24, 2.45) is 5.10 Å². The monoisotopic (exact) mass is 546 g/mol. The van der Waals surface area contributed by atoms with Crippen LogP contribution in [0.1, 0.15) is 18.1 Å². The lowest BCUT2D eigenvalue weighted by Gasteiger charge is -2.21. The van der Waals surface area contributed by atoms with E-state index >= 15 is 0 Å². The van der Waals surface area contributed by atoms with Gasteiger partial charge in [0.15, 0.2) is 0 Å². The van der Waals surface area contributed by atoms with Gasteiger partial charge in [0, 0.05) is 19.2 Å². The van der Waals surface area contributed by atoms with Crippen LogP contribution >= 0.6 is 23.2 Å². The van der Waals surface area contributed by atoms with Crippen molar-refractivity contribution in [1.29, 1.82) is 0 Å². The lowest BCUT2D eigenvalue weighted by molar-refractivity contribution is -0.121. The number of nitrogens with one attached hydrogen (secondary N) is 2. The van der Waals surface area contributed by atoms with Crippen molar-refractivity contribution in [3.63, 3.8) is 0 Å². The van der Waals surface area contributed by atoms with Gasteiger partial charge in [0.1, 0.15) is 0 Å². The summed E-state index contributed by atoms with van der Waals surface area (Å²) in [6.07, 6.45) is 1.79. The Morgan fingerprint density at radius 1 is 0.972 bits per heavy atom. The van der Waals surface area contributed by atoms with E-state index in [9.17, 15) is 18.0 Å². The van der Waals surface area contributed by atoms with Crippen LogP contribution in [0.4, 0.5) is 5.69 Å². The fraction of sp³-hybridized carbons (Fsp3) is 0.160. The third kappa shape index (κ3) is 7.89. The molecule has 3 aromatic carbocycles. The highest BCUT2D eigenvalue weighted by atomic mass is 35.5. The molecule has 8 nitrogen and oxygen atoms in total. The number of carbonyl (C=O) groups is 2. The van der Waals surface area contributed by atoms with E-state index in [-0.39, 0.29) is 17.3 Å². The van der Waals surface area contributed by atoms with Crippen LogP contribution < -0.4 is 10.7 Å². The van der Waals surface area contributed by atoms with Gasteiger partial charge in [-0.3, -0.25) is 9.59 Å². The zero-order chi connectivity index (χ0) is 26.1. The Labute approximate surface area is 220 Å². The zero-order valence-electron chi connectivity index (χ0n) is 19.3. The first-order chi connectivity index (χ1) is 17.1. The van der Waals surface area contributed by atoms with Gasteiger partial charge in [-0.05, 0) is 53.9 Å². The third-order valence-electron chi connectivity index (χ3n) is 4.97. The van der Waals surface area contributed by atoms with Crippen LogP contribution in [-0.2, 0) is 26.0 Å². The molecule has 11 heteroatoms. The minimum atomic E-state index is -4.02. The minimum Gasteiger partial charge on any atom is -0.326 e. The van der Waals surface area contributed by atoms with Crippen LogP contribution in [0, 0.1) is 0 Å². The molecule has 0 fully saturated rings. The zero-order valence-corrected chi connectivity index (χ0v) is 21.6. The highest BCUT2D eigenvalue weighted by Crippen LogP contribution is 2.22. The SMILES string of the molecule is CC(=O)Nc1ccc(S(=O)(=O)N(CCc2ccccc2)CC(=O)N/N=C\c2ccc(Cl)c(Cl)c2)cc1. The Morgan fingerprint density at radius 2 is 1.67 bits per heavy atom. The molecule has 2 N–H and O–H groups in total. The molecule has 0 aliphatic heterocycles. The second-order valence-corrected chi connectivity index (χ2v) is 10.5. The number of halogens is 2. The molecule has 0 saturated heterocycles. The molecule has 0 aromatic heterocycles. The predicted octanol–water partition coefficient (Wildman–Crippen LogP) is 4.34. The van der Waals surface area contributed by atoms with E-state index in [0.29, 0.717) is 27.7 Å². The van der Waals surface area contributed by atoms with Gasteiger partial charge in [-0.2, -0.15) is 9.41 Å². The molecule has 0 radical (unpaired) electrons. The Bertz CT molecular complexity index is 1350. The second kappa shape index (κ2) is 12.6. The number of carbonyl (C=O) groups excluding carboxylic acids is 2. The number of nitrogens with zero attached hydrogens (tertiary/aromatic N) is 2. The summed E-state index contributed by atoms with van der Waals surface area (Å²) in [4.78, 5) is 23.8. The molecular formula is C25H24Cl2N4O4S. The number of hydrogen-bond donors (Lipinski definition) is 2. The van der Waals surface area contributed by atoms with Crippen molar-refractivity contribution >= 4 is 56.9 Å². The molecular weight excluding hydrogens is 523 g/mol. The van der Waals surface area contributed by atoms with Crippen LogP contribution in [0.25, 0.3) is 0 Å². The molecule has 3 rings (SSSR count). The summed E-state index contributed by atoms with van der Waals surface area (Å²) in [7, 11) is -4.02. The van der Waals surface area contributed by atoms with Crippen LogP contribution in [0.5, 0.6) is 0 Å². The van der Waals surface area contributed by atoms with E-state index in [1.54, 1.807) is 18.2 Å². The fourth-order valence-corrected chi connectivity index (χ4v) is 4.92. The van der Waals surface area contributed by atoms with E-state index < -0.39 is 22.5 Å². The minimum absolute atomic E-state index is 0.00299. The summed E-state index contributed by atoms with van der Waals surface area (Å²) in [6, 6.07) is 20.0. The molecule has 0 saturated carbocycles. The number of sulfonamides is 1. The van der Waals surface area contributed by atoms with E-state index in [1.807, 2.05) is 30.3 Å². The first-order valence-corrected chi connectivity index (χ1v) is 13.0. The summed E-state index contributed by atoms with van der Waals surface area (Å²) in [6.45, 7) is 0.990. The Morgan fingerprint density at radius 3 is 2.31 bits per heavy atom. The summed E-state index contributed by atoms with van der Waals surface area (Å²) in [5.41, 5.74) is 4.35. The molecule has 188 valence electrons. The lowest BCUT2D eigenvalue weighted by atomic mass is 10.1. The smallest absolute Gasteiger partial charge is 0.255 e. The molecule has 0 spiro atoms. The molecule has 0 heterocycles. The van der Waals surface area contributed by atoms with E-state index in [2.05, 4.69) is 15.8 Å². The van der Waals surface area contributed by atoms with Gasteiger partial charge >= 0.3 is 0 Å². The van der Waals surface area contributed by atoms with Gasteiger partial charge in [-0.25, -0.2) is 13.8 Å². The number of benzene rings is 3.